The molecule has 0 aliphatic heterocycles. The SMILES string of the molecule is CN(C)c1ccccc1Nc1nc(C(N)C(=O)O)cs1. The summed E-state index contributed by atoms with van der Waals surface area (Å²) in [6.45, 7) is 0. The lowest BCUT2D eigenvalue weighted by atomic mass is 10.2. The van der Waals surface area contributed by atoms with Gasteiger partial charge in [-0.2, -0.15) is 0 Å². The van der Waals surface area contributed by atoms with E-state index in [1.807, 2.05) is 43.3 Å². The number of anilines is 3. The molecule has 0 aliphatic rings. The van der Waals surface area contributed by atoms with E-state index >= 15 is 0 Å². The fourth-order valence-electron chi connectivity index (χ4n) is 1.70. The van der Waals surface area contributed by atoms with Gasteiger partial charge >= 0.3 is 5.97 Å². The number of carboxylic acid groups (broad SMARTS) is 1. The van der Waals surface area contributed by atoms with Crippen molar-refractivity contribution >= 4 is 33.8 Å². The molecule has 0 fully saturated rings. The van der Waals surface area contributed by atoms with Gasteiger partial charge in [0, 0.05) is 19.5 Å². The standard InChI is InChI=1S/C13H16N4O2S/c1-17(2)10-6-4-3-5-8(10)15-13-16-9(7-20-13)11(14)12(18)19/h3-7,11H,14H2,1-2H3,(H,15,16)(H,18,19). The second-order valence-corrected chi connectivity index (χ2v) is 5.29. The van der Waals surface area contributed by atoms with Gasteiger partial charge in [-0.3, -0.25) is 4.79 Å². The molecule has 4 N–H and O–H groups in total. The summed E-state index contributed by atoms with van der Waals surface area (Å²) in [5.74, 6) is -1.09. The average molecular weight is 292 g/mol. The van der Waals surface area contributed by atoms with Crippen molar-refractivity contribution < 1.29 is 9.90 Å². The molecule has 1 aromatic heterocycles. The van der Waals surface area contributed by atoms with Gasteiger partial charge < -0.3 is 21.1 Å². The molecule has 0 amide bonds. The third kappa shape index (κ3) is 3.06. The molecule has 0 aliphatic carbocycles. The fraction of sp³-hybridized carbons (Fsp3) is 0.231. The zero-order valence-corrected chi connectivity index (χ0v) is 12.0. The maximum Gasteiger partial charge on any atom is 0.326 e. The number of nitrogens with zero attached hydrogens (tertiary/aromatic N) is 2. The summed E-state index contributed by atoms with van der Waals surface area (Å²) in [4.78, 5) is 17.0. The molecule has 0 radical (unpaired) electrons. The van der Waals surface area contributed by atoms with E-state index in [9.17, 15) is 4.79 Å². The molecule has 2 rings (SSSR count). The Morgan fingerprint density at radius 3 is 2.80 bits per heavy atom. The van der Waals surface area contributed by atoms with Crippen molar-refractivity contribution in [3.8, 4) is 0 Å². The highest BCUT2D eigenvalue weighted by molar-refractivity contribution is 7.13. The maximum absolute atomic E-state index is 10.8. The molecule has 20 heavy (non-hydrogen) atoms. The molecule has 2 aromatic rings. The maximum atomic E-state index is 10.8. The Morgan fingerprint density at radius 1 is 1.45 bits per heavy atom. The molecule has 6 nitrogen and oxygen atoms in total. The summed E-state index contributed by atoms with van der Waals surface area (Å²) in [6.07, 6.45) is 0. The first kappa shape index (κ1) is 14.3. The van der Waals surface area contributed by atoms with Crippen LogP contribution in [0.25, 0.3) is 0 Å². The predicted octanol–water partition coefficient (Wildman–Crippen LogP) is 2.04. The van der Waals surface area contributed by atoms with Crippen molar-refractivity contribution in [2.75, 3.05) is 24.3 Å². The molecule has 1 unspecified atom stereocenters. The van der Waals surface area contributed by atoms with Gasteiger partial charge in [0.15, 0.2) is 5.13 Å². The second kappa shape index (κ2) is 5.89. The lowest BCUT2D eigenvalue weighted by molar-refractivity contribution is -0.138. The number of para-hydroxylation sites is 2. The lowest BCUT2D eigenvalue weighted by Gasteiger charge is -2.17. The monoisotopic (exact) mass is 292 g/mol. The van der Waals surface area contributed by atoms with E-state index in [4.69, 9.17) is 10.8 Å². The summed E-state index contributed by atoms with van der Waals surface area (Å²) >= 11 is 1.33. The van der Waals surface area contributed by atoms with Gasteiger partial charge in [-0.1, -0.05) is 12.1 Å². The van der Waals surface area contributed by atoms with Crippen LogP contribution in [0.1, 0.15) is 11.7 Å². The van der Waals surface area contributed by atoms with Crippen LogP contribution in [0.3, 0.4) is 0 Å². The highest BCUT2D eigenvalue weighted by Gasteiger charge is 2.18. The van der Waals surface area contributed by atoms with Crippen molar-refractivity contribution in [2.45, 2.75) is 6.04 Å². The molecule has 0 saturated heterocycles. The number of aromatic nitrogens is 1. The minimum Gasteiger partial charge on any atom is -0.480 e. The highest BCUT2D eigenvalue weighted by atomic mass is 32.1. The second-order valence-electron chi connectivity index (χ2n) is 4.43. The van der Waals surface area contributed by atoms with E-state index in [0.29, 0.717) is 10.8 Å². The summed E-state index contributed by atoms with van der Waals surface area (Å²) in [5.41, 5.74) is 7.81. The van der Waals surface area contributed by atoms with Gasteiger partial charge in [0.2, 0.25) is 0 Å². The zero-order chi connectivity index (χ0) is 14.7. The molecular formula is C13H16N4O2S. The fourth-order valence-corrected chi connectivity index (χ4v) is 2.46. The first-order valence-electron chi connectivity index (χ1n) is 5.96. The van der Waals surface area contributed by atoms with E-state index in [1.165, 1.54) is 11.3 Å². The Labute approximate surface area is 120 Å². The third-order valence-corrected chi connectivity index (χ3v) is 3.51. The molecule has 1 aromatic carbocycles. The average Bonchev–Trinajstić information content (AvgIpc) is 2.86. The van der Waals surface area contributed by atoms with Crippen molar-refractivity contribution in [1.29, 1.82) is 0 Å². The number of hydrogen-bond donors (Lipinski definition) is 3. The van der Waals surface area contributed by atoms with Crippen LogP contribution in [0.4, 0.5) is 16.5 Å². The van der Waals surface area contributed by atoms with Crippen LogP contribution in [-0.4, -0.2) is 30.2 Å². The normalized spacial score (nSPS) is 11.9. The van der Waals surface area contributed by atoms with Crippen molar-refractivity contribution in [1.82, 2.24) is 4.98 Å². The number of hydrogen-bond acceptors (Lipinski definition) is 6. The quantitative estimate of drug-likeness (QED) is 0.781. The number of thiazole rings is 1. The van der Waals surface area contributed by atoms with Crippen LogP contribution in [0.15, 0.2) is 29.6 Å². The van der Waals surface area contributed by atoms with E-state index in [0.717, 1.165) is 11.4 Å². The van der Waals surface area contributed by atoms with Gasteiger partial charge in [-0.05, 0) is 12.1 Å². The minimum atomic E-state index is -1.09. The molecule has 0 saturated carbocycles. The first-order valence-corrected chi connectivity index (χ1v) is 6.84. The van der Waals surface area contributed by atoms with Crippen LogP contribution in [0.2, 0.25) is 0 Å². The number of benzene rings is 1. The summed E-state index contributed by atoms with van der Waals surface area (Å²) in [5, 5.41) is 14.3. The number of carboxylic acids is 1. The summed E-state index contributed by atoms with van der Waals surface area (Å²) < 4.78 is 0. The minimum absolute atomic E-state index is 0.354. The largest absolute Gasteiger partial charge is 0.480 e. The van der Waals surface area contributed by atoms with E-state index in [2.05, 4.69) is 10.3 Å². The summed E-state index contributed by atoms with van der Waals surface area (Å²) in [6, 6.07) is 6.71. The number of nitrogens with two attached hydrogens (primary N) is 1. The van der Waals surface area contributed by atoms with E-state index < -0.39 is 12.0 Å². The number of aliphatic carboxylic acids is 1. The molecule has 0 bridgehead atoms. The van der Waals surface area contributed by atoms with Gasteiger partial charge in [0.25, 0.3) is 0 Å². The van der Waals surface area contributed by atoms with E-state index in [-0.39, 0.29) is 0 Å². The zero-order valence-electron chi connectivity index (χ0n) is 11.2. The van der Waals surface area contributed by atoms with Gasteiger partial charge in [-0.25, -0.2) is 4.98 Å². The number of nitrogens with one attached hydrogen (secondary N) is 1. The topological polar surface area (TPSA) is 91.5 Å². The van der Waals surface area contributed by atoms with Gasteiger partial charge in [0.05, 0.1) is 17.1 Å². The van der Waals surface area contributed by atoms with Crippen LogP contribution in [-0.2, 0) is 4.79 Å². The molecule has 1 heterocycles. The Kier molecular flexibility index (Phi) is 4.21. The van der Waals surface area contributed by atoms with Crippen molar-refractivity contribution in [2.24, 2.45) is 5.73 Å². The highest BCUT2D eigenvalue weighted by Crippen LogP contribution is 2.29. The molecule has 7 heteroatoms. The number of carbonyl (C=O) groups is 1. The van der Waals surface area contributed by atoms with Gasteiger partial charge in [-0.15, -0.1) is 11.3 Å². The van der Waals surface area contributed by atoms with Crippen molar-refractivity contribution in [3.05, 3.63) is 35.3 Å². The Morgan fingerprint density at radius 2 is 2.15 bits per heavy atom. The van der Waals surface area contributed by atoms with Crippen LogP contribution in [0.5, 0.6) is 0 Å². The smallest absolute Gasteiger partial charge is 0.326 e. The Bertz CT molecular complexity index is 612. The van der Waals surface area contributed by atoms with Crippen LogP contribution < -0.4 is 16.0 Å². The van der Waals surface area contributed by atoms with Gasteiger partial charge in [0.1, 0.15) is 6.04 Å². The van der Waals surface area contributed by atoms with Crippen molar-refractivity contribution in [3.63, 3.8) is 0 Å². The molecule has 1 atom stereocenters. The molecule has 0 spiro atoms. The third-order valence-electron chi connectivity index (χ3n) is 2.73. The molecule has 106 valence electrons. The Hall–Kier alpha value is -2.12. The first-order chi connectivity index (χ1) is 9.49. The number of rotatable bonds is 5. The predicted molar refractivity (Wildman–Crippen MR) is 80.7 cm³/mol. The van der Waals surface area contributed by atoms with Crippen LogP contribution >= 0.6 is 11.3 Å². The molecular weight excluding hydrogens is 276 g/mol. The van der Waals surface area contributed by atoms with Crippen LogP contribution in [0, 0.1) is 0 Å². The summed E-state index contributed by atoms with van der Waals surface area (Å²) in [7, 11) is 3.91. The lowest BCUT2D eigenvalue weighted by Crippen LogP contribution is -2.20. The van der Waals surface area contributed by atoms with E-state index in [1.54, 1.807) is 5.38 Å². The Balaban J connectivity index is 2.21.